The Morgan fingerprint density at radius 1 is 1.27 bits per heavy atom. The van der Waals surface area contributed by atoms with E-state index < -0.39 is 42.7 Å². The Kier molecular flexibility index (Phi) is 5.15. The first-order valence-electron chi connectivity index (χ1n) is 7.04. The summed E-state index contributed by atoms with van der Waals surface area (Å²) in [6, 6.07) is 8.93. The number of hydrogen-bond acceptors (Lipinski definition) is 6. The number of ether oxygens (including phenoxy) is 1. The molecule has 0 bridgehead atoms. The highest BCUT2D eigenvalue weighted by Gasteiger charge is 2.55. The van der Waals surface area contributed by atoms with Gasteiger partial charge >= 0.3 is 0 Å². The molecule has 7 heteroatoms. The lowest BCUT2D eigenvalue weighted by Crippen LogP contribution is -2.74. The minimum Gasteiger partial charge on any atom is -0.394 e. The van der Waals surface area contributed by atoms with Crippen molar-refractivity contribution in [2.24, 2.45) is 0 Å². The molecule has 1 aromatic carbocycles. The molecular weight excluding hydrogens is 290 g/mol. The molecule has 1 unspecified atom stereocenters. The number of carbonyl (C=O) groups excluding carboxylic acids is 1. The normalized spacial score (nSPS) is 35.1. The predicted molar refractivity (Wildman–Crippen MR) is 76.7 cm³/mol. The number of aliphatic hydroxyl groups excluding tert-OH is 4. The fourth-order valence-electron chi connectivity index (χ4n) is 2.81. The van der Waals surface area contributed by atoms with Crippen molar-refractivity contribution in [3.8, 4) is 0 Å². The van der Waals surface area contributed by atoms with E-state index in [0.717, 1.165) is 5.56 Å². The largest absolute Gasteiger partial charge is 0.394 e. The van der Waals surface area contributed by atoms with Crippen LogP contribution in [0, 0.1) is 0 Å². The van der Waals surface area contributed by atoms with Gasteiger partial charge in [0.15, 0.2) is 6.29 Å². The van der Waals surface area contributed by atoms with Crippen LogP contribution in [0.5, 0.6) is 0 Å². The molecule has 1 heterocycles. The SMILES string of the molecule is CC(=O)N[C@@]1(Cc2ccccc2)C(O)O[C@H](CO)[C@@H](O)[C@@H]1O. The third-order valence-corrected chi connectivity index (χ3v) is 3.90. The van der Waals surface area contributed by atoms with Gasteiger partial charge in [0.05, 0.1) is 6.61 Å². The molecule has 0 aromatic heterocycles. The third-order valence-electron chi connectivity index (χ3n) is 3.90. The van der Waals surface area contributed by atoms with E-state index in [-0.39, 0.29) is 6.42 Å². The summed E-state index contributed by atoms with van der Waals surface area (Å²) in [5.74, 6) is -0.479. The van der Waals surface area contributed by atoms with Crippen molar-refractivity contribution < 1.29 is 30.0 Å². The lowest BCUT2D eigenvalue weighted by atomic mass is 9.78. The van der Waals surface area contributed by atoms with Crippen molar-refractivity contribution in [2.45, 2.75) is 43.5 Å². The monoisotopic (exact) mass is 311 g/mol. The summed E-state index contributed by atoms with van der Waals surface area (Å²) >= 11 is 0. The maximum Gasteiger partial charge on any atom is 0.217 e. The second-order valence-corrected chi connectivity index (χ2v) is 5.53. The topological polar surface area (TPSA) is 119 Å². The van der Waals surface area contributed by atoms with Gasteiger partial charge in [-0.2, -0.15) is 0 Å². The molecule has 0 aliphatic carbocycles. The highest BCUT2D eigenvalue weighted by atomic mass is 16.6. The molecule has 0 radical (unpaired) electrons. The zero-order chi connectivity index (χ0) is 16.3. The molecular formula is C15H21NO6. The molecule has 5 N–H and O–H groups in total. The minimum absolute atomic E-state index is 0.0605. The standard InChI is InChI=1S/C15H21NO6/c1-9(18)16-15(7-10-5-3-2-4-6-10)13(20)12(19)11(8-17)22-14(15)21/h2-6,11-14,17,19-21H,7-8H2,1H3,(H,16,18)/t11-,12-,13+,14?,15-/m1/s1. The van der Waals surface area contributed by atoms with E-state index in [1.807, 2.05) is 6.07 Å². The van der Waals surface area contributed by atoms with Crippen LogP contribution in [0.15, 0.2) is 30.3 Å². The Morgan fingerprint density at radius 3 is 2.45 bits per heavy atom. The summed E-state index contributed by atoms with van der Waals surface area (Å²) < 4.78 is 5.19. The molecule has 1 fully saturated rings. The Bertz CT molecular complexity index is 510. The van der Waals surface area contributed by atoms with Crippen molar-refractivity contribution in [2.75, 3.05) is 6.61 Å². The Hall–Kier alpha value is -1.51. The number of rotatable bonds is 4. The molecule has 1 aliphatic rings. The highest BCUT2D eigenvalue weighted by Crippen LogP contribution is 2.32. The number of carbonyl (C=O) groups is 1. The lowest BCUT2D eigenvalue weighted by molar-refractivity contribution is -0.283. The van der Waals surface area contributed by atoms with Gasteiger partial charge in [-0.1, -0.05) is 30.3 Å². The molecule has 1 saturated heterocycles. The number of nitrogens with one attached hydrogen (secondary N) is 1. The second kappa shape index (κ2) is 6.72. The van der Waals surface area contributed by atoms with Crippen molar-refractivity contribution >= 4 is 5.91 Å². The van der Waals surface area contributed by atoms with Gasteiger partial charge < -0.3 is 30.5 Å². The lowest BCUT2D eigenvalue weighted by Gasteiger charge is -2.49. The second-order valence-electron chi connectivity index (χ2n) is 5.53. The van der Waals surface area contributed by atoms with Gasteiger partial charge in [-0.15, -0.1) is 0 Å². The van der Waals surface area contributed by atoms with Gasteiger partial charge in [0.1, 0.15) is 23.9 Å². The average Bonchev–Trinajstić information content (AvgIpc) is 2.49. The van der Waals surface area contributed by atoms with Crippen LogP contribution >= 0.6 is 0 Å². The van der Waals surface area contributed by atoms with Gasteiger partial charge in [0, 0.05) is 13.3 Å². The summed E-state index contributed by atoms with van der Waals surface area (Å²) in [7, 11) is 0. The summed E-state index contributed by atoms with van der Waals surface area (Å²) in [5.41, 5.74) is -0.856. The third kappa shape index (κ3) is 3.13. The molecule has 2 rings (SSSR count). The maximum atomic E-state index is 11.5. The first kappa shape index (κ1) is 16.9. The maximum absolute atomic E-state index is 11.5. The number of benzene rings is 1. The van der Waals surface area contributed by atoms with E-state index in [1.165, 1.54) is 6.92 Å². The van der Waals surface area contributed by atoms with Gasteiger partial charge in [-0.05, 0) is 5.56 Å². The molecule has 1 aliphatic heterocycles. The molecule has 5 atom stereocenters. The first-order chi connectivity index (χ1) is 10.4. The Morgan fingerprint density at radius 2 is 1.91 bits per heavy atom. The minimum atomic E-state index is -1.60. The Balaban J connectivity index is 2.37. The molecule has 1 aromatic rings. The summed E-state index contributed by atoms with van der Waals surface area (Å²) in [5, 5.41) is 42.5. The van der Waals surface area contributed by atoms with Crippen molar-refractivity contribution in [1.29, 1.82) is 0 Å². The van der Waals surface area contributed by atoms with Crippen molar-refractivity contribution in [3.05, 3.63) is 35.9 Å². The van der Waals surface area contributed by atoms with E-state index in [4.69, 9.17) is 9.84 Å². The fourth-order valence-corrected chi connectivity index (χ4v) is 2.81. The first-order valence-corrected chi connectivity index (χ1v) is 7.04. The quantitative estimate of drug-likeness (QED) is 0.463. The zero-order valence-corrected chi connectivity index (χ0v) is 12.2. The van der Waals surface area contributed by atoms with Crippen LogP contribution in [-0.4, -0.2) is 63.1 Å². The van der Waals surface area contributed by atoms with Crippen LogP contribution in [0.1, 0.15) is 12.5 Å². The van der Waals surface area contributed by atoms with Crippen LogP contribution in [0.25, 0.3) is 0 Å². The molecule has 22 heavy (non-hydrogen) atoms. The summed E-state index contributed by atoms with van der Waals surface area (Å²) in [6.45, 7) is 0.688. The summed E-state index contributed by atoms with van der Waals surface area (Å²) in [4.78, 5) is 11.5. The van der Waals surface area contributed by atoms with E-state index in [0.29, 0.717) is 0 Å². The zero-order valence-electron chi connectivity index (χ0n) is 12.2. The number of hydrogen-bond donors (Lipinski definition) is 5. The van der Waals surface area contributed by atoms with Crippen LogP contribution in [0.3, 0.4) is 0 Å². The fraction of sp³-hybridized carbons (Fsp3) is 0.533. The molecule has 0 spiro atoms. The van der Waals surface area contributed by atoms with Crippen LogP contribution in [0.4, 0.5) is 0 Å². The van der Waals surface area contributed by atoms with Crippen molar-refractivity contribution in [1.82, 2.24) is 5.32 Å². The van der Waals surface area contributed by atoms with E-state index in [9.17, 15) is 20.1 Å². The molecule has 122 valence electrons. The van der Waals surface area contributed by atoms with Crippen LogP contribution in [0.2, 0.25) is 0 Å². The van der Waals surface area contributed by atoms with Gasteiger partial charge in [0.25, 0.3) is 0 Å². The smallest absolute Gasteiger partial charge is 0.217 e. The molecule has 0 saturated carbocycles. The van der Waals surface area contributed by atoms with Gasteiger partial charge in [-0.3, -0.25) is 4.79 Å². The van der Waals surface area contributed by atoms with E-state index in [1.54, 1.807) is 24.3 Å². The van der Waals surface area contributed by atoms with E-state index >= 15 is 0 Å². The van der Waals surface area contributed by atoms with Crippen molar-refractivity contribution in [3.63, 3.8) is 0 Å². The van der Waals surface area contributed by atoms with Crippen LogP contribution < -0.4 is 5.32 Å². The van der Waals surface area contributed by atoms with E-state index in [2.05, 4.69) is 5.32 Å². The molecule has 7 nitrogen and oxygen atoms in total. The molecule has 1 amide bonds. The summed E-state index contributed by atoms with van der Waals surface area (Å²) in [6.07, 6.45) is -5.58. The number of aliphatic hydroxyl groups is 4. The van der Waals surface area contributed by atoms with Gasteiger partial charge in [0.2, 0.25) is 5.91 Å². The number of amides is 1. The predicted octanol–water partition coefficient (Wildman–Crippen LogP) is -1.46. The Labute approximate surface area is 128 Å². The average molecular weight is 311 g/mol. The van der Waals surface area contributed by atoms with Gasteiger partial charge in [-0.25, -0.2) is 0 Å². The van der Waals surface area contributed by atoms with Crippen LogP contribution in [-0.2, 0) is 16.0 Å². The highest BCUT2D eigenvalue weighted by molar-refractivity contribution is 5.74.